The second-order valence-electron chi connectivity index (χ2n) is 5.29. The number of anilines is 2. The van der Waals surface area contributed by atoms with Crippen LogP contribution in [-0.4, -0.2) is 12.6 Å². The predicted octanol–water partition coefficient (Wildman–Crippen LogP) is 3.69. The molecule has 0 fully saturated rings. The van der Waals surface area contributed by atoms with Gasteiger partial charge in [-0.05, 0) is 36.4 Å². The van der Waals surface area contributed by atoms with Gasteiger partial charge in [0.05, 0.1) is 36.9 Å². The Hall–Kier alpha value is -2.44. The third kappa shape index (κ3) is 2.18. The van der Waals surface area contributed by atoms with E-state index < -0.39 is 20.8 Å². The van der Waals surface area contributed by atoms with Crippen LogP contribution in [0.1, 0.15) is 0 Å². The lowest BCUT2D eigenvalue weighted by Gasteiger charge is -2.31. The SMILES string of the molecule is O=S1c2ccccc2N(S(=O)(=O)c2ccccc2)c2ccccc21. The summed E-state index contributed by atoms with van der Waals surface area (Å²) in [6.07, 6.45) is 0. The summed E-state index contributed by atoms with van der Waals surface area (Å²) < 4.78 is 40.6. The van der Waals surface area contributed by atoms with Gasteiger partial charge in [0.25, 0.3) is 10.0 Å². The van der Waals surface area contributed by atoms with Crippen molar-refractivity contribution in [2.24, 2.45) is 0 Å². The first-order chi connectivity index (χ1) is 11.6. The highest BCUT2D eigenvalue weighted by molar-refractivity contribution is 7.93. The van der Waals surface area contributed by atoms with Gasteiger partial charge in [-0.25, -0.2) is 16.9 Å². The lowest BCUT2D eigenvalue weighted by atomic mass is 10.2. The van der Waals surface area contributed by atoms with Crippen molar-refractivity contribution in [3.05, 3.63) is 78.9 Å². The van der Waals surface area contributed by atoms with E-state index in [4.69, 9.17) is 0 Å². The van der Waals surface area contributed by atoms with Crippen molar-refractivity contribution in [2.45, 2.75) is 14.7 Å². The number of hydrogen-bond donors (Lipinski definition) is 0. The maximum atomic E-state index is 13.2. The minimum atomic E-state index is -3.81. The first-order valence-corrected chi connectivity index (χ1v) is 9.90. The lowest BCUT2D eigenvalue weighted by molar-refractivity contribution is 0.595. The average Bonchev–Trinajstić information content (AvgIpc) is 2.63. The van der Waals surface area contributed by atoms with Crippen molar-refractivity contribution < 1.29 is 12.6 Å². The van der Waals surface area contributed by atoms with Crippen LogP contribution < -0.4 is 4.31 Å². The normalized spacial score (nSPS) is 14.1. The molecule has 3 aromatic rings. The highest BCUT2D eigenvalue weighted by Gasteiger charge is 2.35. The molecule has 0 radical (unpaired) electrons. The first kappa shape index (κ1) is 15.1. The van der Waals surface area contributed by atoms with Crippen molar-refractivity contribution >= 4 is 32.2 Å². The van der Waals surface area contributed by atoms with Gasteiger partial charge in [0.15, 0.2) is 0 Å². The zero-order chi connectivity index (χ0) is 16.7. The van der Waals surface area contributed by atoms with Gasteiger partial charge in [-0.2, -0.15) is 0 Å². The van der Waals surface area contributed by atoms with Gasteiger partial charge in [-0.1, -0.05) is 42.5 Å². The Labute approximate surface area is 142 Å². The van der Waals surface area contributed by atoms with Crippen molar-refractivity contribution in [2.75, 3.05) is 4.31 Å². The summed E-state index contributed by atoms with van der Waals surface area (Å²) in [6, 6.07) is 22.1. The van der Waals surface area contributed by atoms with Crippen LogP contribution in [0.25, 0.3) is 0 Å². The molecule has 1 heterocycles. The molecule has 1 aliphatic rings. The number of hydrogen-bond acceptors (Lipinski definition) is 3. The van der Waals surface area contributed by atoms with Gasteiger partial charge < -0.3 is 0 Å². The lowest BCUT2D eigenvalue weighted by Crippen LogP contribution is -2.30. The molecule has 4 rings (SSSR count). The highest BCUT2D eigenvalue weighted by atomic mass is 32.2. The molecule has 1 aliphatic heterocycles. The van der Waals surface area contributed by atoms with Gasteiger partial charge in [-0.15, -0.1) is 0 Å². The van der Waals surface area contributed by atoms with Crippen LogP contribution >= 0.6 is 0 Å². The first-order valence-electron chi connectivity index (χ1n) is 7.31. The summed E-state index contributed by atoms with van der Waals surface area (Å²) in [5.41, 5.74) is 0.858. The molecule has 0 unspecified atom stereocenters. The average molecular weight is 355 g/mol. The summed E-state index contributed by atoms with van der Waals surface area (Å²) in [4.78, 5) is 1.19. The van der Waals surface area contributed by atoms with Crippen LogP contribution in [0.4, 0.5) is 11.4 Å². The minimum absolute atomic E-state index is 0.197. The van der Waals surface area contributed by atoms with Crippen LogP contribution in [0.3, 0.4) is 0 Å². The standard InChI is InChI=1S/C18H13NO3S2/c20-23-17-12-6-4-10-15(17)19(16-11-5-7-13-18(16)23)24(21,22)14-8-2-1-3-9-14/h1-13H. The molecule has 0 saturated heterocycles. The van der Waals surface area contributed by atoms with Crippen molar-refractivity contribution in [1.29, 1.82) is 0 Å². The molecule has 0 spiro atoms. The summed E-state index contributed by atoms with van der Waals surface area (Å²) >= 11 is 0. The summed E-state index contributed by atoms with van der Waals surface area (Å²) in [5, 5.41) is 0. The van der Waals surface area contributed by atoms with E-state index in [1.807, 2.05) is 0 Å². The Balaban J connectivity index is 2.03. The molecule has 3 aromatic carbocycles. The van der Waals surface area contributed by atoms with Crippen LogP contribution in [0, 0.1) is 0 Å². The molecule has 0 bridgehead atoms. The highest BCUT2D eigenvalue weighted by Crippen LogP contribution is 2.44. The van der Waals surface area contributed by atoms with Gasteiger partial charge in [0.1, 0.15) is 0 Å². The quantitative estimate of drug-likeness (QED) is 0.704. The van der Waals surface area contributed by atoms with Crippen molar-refractivity contribution in [3.63, 3.8) is 0 Å². The van der Waals surface area contributed by atoms with Gasteiger partial charge >= 0.3 is 0 Å². The maximum absolute atomic E-state index is 13.2. The number of fused-ring (bicyclic) bond motifs is 2. The predicted molar refractivity (Wildman–Crippen MR) is 93.3 cm³/mol. The molecule has 24 heavy (non-hydrogen) atoms. The van der Waals surface area contributed by atoms with E-state index in [0.717, 1.165) is 0 Å². The van der Waals surface area contributed by atoms with Crippen LogP contribution in [0.2, 0.25) is 0 Å². The third-order valence-corrected chi connectivity index (χ3v) is 7.08. The molecule has 6 heteroatoms. The molecular weight excluding hydrogens is 342 g/mol. The molecular formula is C18H13NO3S2. The van der Waals surface area contributed by atoms with Crippen LogP contribution in [0.5, 0.6) is 0 Å². The number of benzene rings is 3. The van der Waals surface area contributed by atoms with Crippen molar-refractivity contribution in [3.8, 4) is 0 Å². The van der Waals surface area contributed by atoms with E-state index in [-0.39, 0.29) is 4.90 Å². The van der Waals surface area contributed by atoms with E-state index in [1.54, 1.807) is 78.9 Å². The molecule has 0 N–H and O–H groups in total. The molecule has 4 nitrogen and oxygen atoms in total. The zero-order valence-corrected chi connectivity index (χ0v) is 14.1. The van der Waals surface area contributed by atoms with E-state index >= 15 is 0 Å². The maximum Gasteiger partial charge on any atom is 0.268 e. The van der Waals surface area contributed by atoms with E-state index in [9.17, 15) is 12.6 Å². The Morgan fingerprint density at radius 2 is 1.12 bits per heavy atom. The van der Waals surface area contributed by atoms with Gasteiger partial charge in [0.2, 0.25) is 0 Å². The van der Waals surface area contributed by atoms with E-state index in [1.165, 1.54) is 4.31 Å². The molecule has 0 atom stereocenters. The van der Waals surface area contributed by atoms with Crippen LogP contribution in [-0.2, 0) is 20.8 Å². The fraction of sp³-hybridized carbons (Fsp3) is 0. The molecule has 0 aliphatic carbocycles. The summed E-state index contributed by atoms with van der Waals surface area (Å²) in [7, 11) is -5.22. The Morgan fingerprint density at radius 3 is 1.67 bits per heavy atom. The van der Waals surface area contributed by atoms with Crippen molar-refractivity contribution in [1.82, 2.24) is 0 Å². The minimum Gasteiger partial charge on any atom is -0.249 e. The number of sulfonamides is 1. The van der Waals surface area contributed by atoms with Gasteiger partial charge in [0, 0.05) is 0 Å². The third-order valence-electron chi connectivity index (χ3n) is 3.85. The molecule has 0 saturated carbocycles. The molecule has 120 valence electrons. The molecule has 0 amide bonds. The topological polar surface area (TPSA) is 54.5 Å². The smallest absolute Gasteiger partial charge is 0.249 e. The van der Waals surface area contributed by atoms with E-state index in [2.05, 4.69) is 0 Å². The number of nitrogens with zero attached hydrogens (tertiary/aromatic N) is 1. The number of para-hydroxylation sites is 2. The Bertz CT molecular complexity index is 997. The summed E-state index contributed by atoms with van der Waals surface area (Å²) in [5.74, 6) is 0. The fourth-order valence-corrected chi connectivity index (χ4v) is 5.77. The van der Waals surface area contributed by atoms with Gasteiger partial charge in [-0.3, -0.25) is 0 Å². The fourth-order valence-electron chi connectivity index (χ4n) is 2.77. The second kappa shape index (κ2) is 5.58. The summed E-state index contributed by atoms with van der Waals surface area (Å²) in [6.45, 7) is 0. The largest absolute Gasteiger partial charge is 0.268 e. The number of rotatable bonds is 2. The molecule has 0 aromatic heterocycles. The van der Waals surface area contributed by atoms with Crippen LogP contribution in [0.15, 0.2) is 93.5 Å². The Kier molecular flexibility index (Phi) is 3.51. The second-order valence-corrected chi connectivity index (χ2v) is 8.49. The zero-order valence-electron chi connectivity index (χ0n) is 12.5. The van der Waals surface area contributed by atoms with E-state index in [0.29, 0.717) is 21.2 Å². The monoisotopic (exact) mass is 355 g/mol. The Morgan fingerprint density at radius 1 is 0.667 bits per heavy atom.